The van der Waals surface area contributed by atoms with Crippen LogP contribution >= 0.6 is 0 Å². The highest BCUT2D eigenvalue weighted by Crippen LogP contribution is 2.36. The van der Waals surface area contributed by atoms with Gasteiger partial charge in [0.25, 0.3) is 5.91 Å². The van der Waals surface area contributed by atoms with Crippen molar-refractivity contribution in [3.05, 3.63) is 102 Å². The van der Waals surface area contributed by atoms with Crippen molar-refractivity contribution in [3.63, 3.8) is 0 Å². The summed E-state index contributed by atoms with van der Waals surface area (Å²) in [7, 11) is 4.03. The molecule has 10 heteroatoms. The number of fused-ring (bicyclic) bond motifs is 2. The Hall–Kier alpha value is -4.70. The van der Waals surface area contributed by atoms with Crippen LogP contribution in [0.25, 0.3) is 27.6 Å². The Labute approximate surface area is 234 Å². The molecule has 1 aliphatic heterocycles. The van der Waals surface area contributed by atoms with Gasteiger partial charge in [-0.25, -0.2) is 9.67 Å². The Morgan fingerprint density at radius 2 is 1.83 bits per heavy atom. The van der Waals surface area contributed by atoms with Crippen LogP contribution in [-0.2, 0) is 19.1 Å². The van der Waals surface area contributed by atoms with Crippen molar-refractivity contribution in [2.75, 3.05) is 31.3 Å². The van der Waals surface area contributed by atoms with Crippen molar-refractivity contribution < 1.29 is 18.0 Å². The van der Waals surface area contributed by atoms with E-state index in [-0.39, 0.29) is 17.2 Å². The van der Waals surface area contributed by atoms with Gasteiger partial charge in [-0.2, -0.15) is 18.3 Å². The lowest BCUT2D eigenvalue weighted by atomic mass is 9.97. The van der Waals surface area contributed by atoms with E-state index in [9.17, 15) is 18.0 Å². The van der Waals surface area contributed by atoms with Crippen LogP contribution in [0.3, 0.4) is 0 Å². The Morgan fingerprint density at radius 1 is 1.02 bits per heavy atom. The van der Waals surface area contributed by atoms with Gasteiger partial charge in [0.15, 0.2) is 5.69 Å². The first-order chi connectivity index (χ1) is 19.6. The molecule has 0 saturated carbocycles. The molecule has 7 nitrogen and oxygen atoms in total. The molecule has 1 amide bonds. The van der Waals surface area contributed by atoms with Gasteiger partial charge in [-0.15, -0.1) is 0 Å². The summed E-state index contributed by atoms with van der Waals surface area (Å²) in [6.45, 7) is 1.12. The molecule has 0 atom stereocenters. The number of hydrogen-bond acceptors (Lipinski definition) is 5. The molecule has 2 N–H and O–H groups in total. The molecule has 6 rings (SSSR count). The van der Waals surface area contributed by atoms with Gasteiger partial charge in [0, 0.05) is 36.4 Å². The normalized spacial score (nSPS) is 13.3. The minimum absolute atomic E-state index is 0.188. The lowest BCUT2D eigenvalue weighted by molar-refractivity contribution is -0.141. The zero-order valence-corrected chi connectivity index (χ0v) is 22.5. The molecule has 0 saturated heterocycles. The zero-order chi connectivity index (χ0) is 28.9. The van der Waals surface area contributed by atoms with E-state index in [1.165, 1.54) is 10.5 Å². The molecule has 5 aromatic rings. The van der Waals surface area contributed by atoms with Gasteiger partial charge in [0.2, 0.25) is 0 Å². The summed E-state index contributed by atoms with van der Waals surface area (Å²) in [6.07, 6.45) is -2.59. The van der Waals surface area contributed by atoms with E-state index in [1.54, 1.807) is 30.5 Å². The average molecular weight is 557 g/mol. The van der Waals surface area contributed by atoms with Crippen molar-refractivity contribution in [2.24, 2.45) is 0 Å². The first-order valence-corrected chi connectivity index (χ1v) is 13.1. The quantitative estimate of drug-likeness (QED) is 0.289. The fourth-order valence-electron chi connectivity index (χ4n) is 5.38. The van der Waals surface area contributed by atoms with Crippen molar-refractivity contribution in [1.82, 2.24) is 19.7 Å². The van der Waals surface area contributed by atoms with E-state index >= 15 is 0 Å². The number of alkyl halides is 3. The topological polar surface area (TPSA) is 80.3 Å². The van der Waals surface area contributed by atoms with E-state index < -0.39 is 17.8 Å². The van der Waals surface area contributed by atoms with Gasteiger partial charge in [0.05, 0.1) is 5.69 Å². The second-order valence-corrected chi connectivity index (χ2v) is 10.4. The number of nitrogens with two attached hydrogens (primary N) is 1. The van der Waals surface area contributed by atoms with Crippen LogP contribution in [0, 0.1) is 0 Å². The van der Waals surface area contributed by atoms with Gasteiger partial charge >= 0.3 is 6.18 Å². The highest BCUT2D eigenvalue weighted by molar-refractivity contribution is 6.07. The Morgan fingerprint density at radius 3 is 2.61 bits per heavy atom. The van der Waals surface area contributed by atoms with Crippen LogP contribution in [0.15, 0.2) is 79.0 Å². The number of benzene rings is 3. The minimum atomic E-state index is -4.73. The number of carbonyl (C=O) groups is 1. The van der Waals surface area contributed by atoms with Crippen LogP contribution in [0.4, 0.5) is 24.7 Å². The van der Waals surface area contributed by atoms with E-state index in [4.69, 9.17) is 5.73 Å². The third-order valence-corrected chi connectivity index (χ3v) is 7.28. The largest absolute Gasteiger partial charge is 0.435 e. The minimum Gasteiger partial charge on any atom is -0.383 e. The number of nitrogen functional groups attached to an aromatic ring is 1. The number of nitrogens with zero attached hydrogens (tertiary/aromatic N) is 5. The highest BCUT2D eigenvalue weighted by atomic mass is 19.4. The zero-order valence-electron chi connectivity index (χ0n) is 22.5. The van der Waals surface area contributed by atoms with Gasteiger partial charge in [0.1, 0.15) is 11.5 Å². The number of rotatable bonds is 5. The summed E-state index contributed by atoms with van der Waals surface area (Å²) in [5.41, 5.74) is 9.91. The van der Waals surface area contributed by atoms with E-state index in [2.05, 4.69) is 33.2 Å². The van der Waals surface area contributed by atoms with E-state index in [0.29, 0.717) is 24.0 Å². The van der Waals surface area contributed by atoms with Gasteiger partial charge in [-0.05, 0) is 78.5 Å². The second-order valence-electron chi connectivity index (χ2n) is 10.4. The Balaban J connectivity index is 1.39. The van der Waals surface area contributed by atoms with E-state index in [1.807, 2.05) is 38.4 Å². The molecule has 208 valence electrons. The molecule has 0 spiro atoms. The third kappa shape index (κ3) is 4.91. The fourth-order valence-corrected chi connectivity index (χ4v) is 5.38. The smallest absolute Gasteiger partial charge is 0.383 e. The third-order valence-electron chi connectivity index (χ3n) is 7.28. The molecule has 0 aliphatic carbocycles. The number of amides is 1. The first kappa shape index (κ1) is 26.5. The first-order valence-electron chi connectivity index (χ1n) is 13.1. The maximum atomic E-state index is 13.9. The van der Waals surface area contributed by atoms with Gasteiger partial charge < -0.3 is 15.5 Å². The van der Waals surface area contributed by atoms with E-state index in [0.717, 1.165) is 39.4 Å². The number of pyridine rings is 1. The molecule has 3 aromatic carbocycles. The predicted octanol–water partition coefficient (Wildman–Crippen LogP) is 5.95. The number of hydrogen-bond donors (Lipinski definition) is 1. The summed E-state index contributed by atoms with van der Waals surface area (Å²) in [5.74, 6) is -0.330. The SMILES string of the molecule is CN(C)Cc1ccccc1-c1ccc2c(c1)CCN2C(=O)c1cc(C(F)(F)F)nn1-c1ccc2ccnc(N)c2c1. The van der Waals surface area contributed by atoms with Crippen molar-refractivity contribution in [2.45, 2.75) is 19.1 Å². The van der Waals surface area contributed by atoms with Crippen molar-refractivity contribution in [1.29, 1.82) is 0 Å². The lowest BCUT2D eigenvalue weighted by Gasteiger charge is -2.19. The predicted molar refractivity (Wildman–Crippen MR) is 153 cm³/mol. The Kier molecular flexibility index (Phi) is 6.50. The van der Waals surface area contributed by atoms with Crippen molar-refractivity contribution >= 4 is 28.2 Å². The number of anilines is 2. The van der Waals surface area contributed by atoms with Crippen LogP contribution in [0.1, 0.15) is 27.3 Å². The molecule has 0 unspecified atom stereocenters. The van der Waals surface area contributed by atoms with Crippen LogP contribution in [0.5, 0.6) is 0 Å². The number of aromatic nitrogens is 3. The molecule has 1 aliphatic rings. The molecule has 41 heavy (non-hydrogen) atoms. The van der Waals surface area contributed by atoms with Crippen LogP contribution in [0.2, 0.25) is 0 Å². The average Bonchev–Trinajstić information content (AvgIpc) is 3.58. The van der Waals surface area contributed by atoms with Gasteiger partial charge in [-0.3, -0.25) is 4.79 Å². The number of carbonyl (C=O) groups excluding carboxylic acids is 1. The standard InChI is InChI=1S/C31H27F3N6O/c1-38(2)18-22-5-3-4-6-24(22)20-8-10-26-21(15-20)12-14-39(26)30(41)27-17-28(31(32,33)34)37-40(27)23-9-7-19-11-13-36-29(35)25(19)16-23/h3-11,13,15-17H,12,14,18H2,1-2H3,(H2,35,36). The lowest BCUT2D eigenvalue weighted by Crippen LogP contribution is -2.30. The Bertz CT molecular complexity index is 1790. The highest BCUT2D eigenvalue weighted by Gasteiger charge is 2.38. The maximum absolute atomic E-state index is 13.9. The molecule has 0 bridgehead atoms. The summed E-state index contributed by atoms with van der Waals surface area (Å²) < 4.78 is 42.4. The molecule has 3 heterocycles. The van der Waals surface area contributed by atoms with Crippen LogP contribution in [-0.4, -0.2) is 46.2 Å². The maximum Gasteiger partial charge on any atom is 0.435 e. The summed E-state index contributed by atoms with van der Waals surface area (Å²) in [4.78, 5) is 21.6. The molecule has 2 aromatic heterocycles. The number of halogens is 3. The molecule has 0 radical (unpaired) electrons. The summed E-state index contributed by atoms with van der Waals surface area (Å²) >= 11 is 0. The summed E-state index contributed by atoms with van der Waals surface area (Å²) in [6, 6.07) is 21.5. The van der Waals surface area contributed by atoms with Crippen LogP contribution < -0.4 is 10.6 Å². The monoisotopic (exact) mass is 556 g/mol. The van der Waals surface area contributed by atoms with Crippen molar-refractivity contribution in [3.8, 4) is 16.8 Å². The van der Waals surface area contributed by atoms with Gasteiger partial charge in [-0.1, -0.05) is 36.4 Å². The molecular formula is C31H27F3N6O. The second kappa shape index (κ2) is 10.0. The fraction of sp³-hybridized carbons (Fsp3) is 0.194. The molecular weight excluding hydrogens is 529 g/mol. The summed E-state index contributed by atoms with van der Waals surface area (Å²) in [5, 5.41) is 5.13. The molecule has 0 fully saturated rings.